The van der Waals surface area contributed by atoms with Crippen molar-refractivity contribution in [3.05, 3.63) is 11.3 Å². The molecule has 0 N–H and O–H groups in total. The average molecular weight is 193 g/mol. The number of ether oxygens (including phenoxy) is 2. The number of carbonyl (C=O) groups is 2. The van der Waals surface area contributed by atoms with Gasteiger partial charge in [-0.25, -0.2) is 0 Å². The molecule has 0 radical (unpaired) electrons. The van der Waals surface area contributed by atoms with Crippen LogP contribution in [0.3, 0.4) is 0 Å². The molecule has 68 valence electrons. The van der Waals surface area contributed by atoms with Crippen molar-refractivity contribution in [1.82, 2.24) is 0 Å². The summed E-state index contributed by atoms with van der Waals surface area (Å²) in [5.74, 6) is -0.916. The summed E-state index contributed by atoms with van der Waals surface area (Å²) in [6, 6.07) is 0. The van der Waals surface area contributed by atoms with E-state index < -0.39 is 11.9 Å². The van der Waals surface area contributed by atoms with Crippen LogP contribution in [-0.2, 0) is 19.1 Å². The zero-order valence-electron chi connectivity index (χ0n) is 6.80. The van der Waals surface area contributed by atoms with E-state index in [4.69, 9.17) is 11.6 Å². The van der Waals surface area contributed by atoms with Gasteiger partial charge >= 0.3 is 11.9 Å². The summed E-state index contributed by atoms with van der Waals surface area (Å²) in [6.45, 7) is 2.42. The summed E-state index contributed by atoms with van der Waals surface area (Å²) in [5.41, 5.74) is 0. The minimum absolute atomic E-state index is 0.0792. The molecule has 0 aliphatic carbocycles. The molecule has 0 fully saturated rings. The maximum atomic E-state index is 10.3. The molecule has 0 bridgehead atoms. The van der Waals surface area contributed by atoms with Crippen molar-refractivity contribution in [2.45, 2.75) is 13.8 Å². The lowest BCUT2D eigenvalue weighted by Gasteiger charge is -1.99. The van der Waals surface area contributed by atoms with E-state index in [0.29, 0.717) is 0 Å². The second kappa shape index (κ2) is 5.60. The summed E-state index contributed by atoms with van der Waals surface area (Å²) in [4.78, 5) is 20.5. The Morgan fingerprint density at radius 3 is 2.33 bits per heavy atom. The van der Waals surface area contributed by atoms with Crippen molar-refractivity contribution in [1.29, 1.82) is 0 Å². The van der Waals surface area contributed by atoms with Gasteiger partial charge in [0.25, 0.3) is 0 Å². The number of halogens is 1. The number of hydrogen-bond donors (Lipinski definition) is 0. The van der Waals surface area contributed by atoms with Crippen molar-refractivity contribution in [2.75, 3.05) is 6.61 Å². The molecular formula is C7H9ClO4. The maximum absolute atomic E-state index is 10.3. The van der Waals surface area contributed by atoms with Gasteiger partial charge < -0.3 is 9.47 Å². The first-order chi connectivity index (χ1) is 5.52. The molecule has 0 aromatic carbocycles. The first kappa shape index (κ1) is 11.0. The molecule has 0 atom stereocenters. The molecule has 0 aromatic heterocycles. The van der Waals surface area contributed by atoms with Crippen LogP contribution in [0, 0.1) is 0 Å². The second-order valence-electron chi connectivity index (χ2n) is 1.95. The second-order valence-corrected chi connectivity index (χ2v) is 2.44. The summed E-state index contributed by atoms with van der Waals surface area (Å²) >= 11 is 5.48. The fourth-order valence-electron chi connectivity index (χ4n) is 0.352. The highest BCUT2D eigenvalue weighted by Gasteiger charge is 1.97. The van der Waals surface area contributed by atoms with Crippen LogP contribution in [0.25, 0.3) is 0 Å². The number of hydrogen-bond acceptors (Lipinski definition) is 4. The summed E-state index contributed by atoms with van der Waals surface area (Å²) in [5, 5.41) is 0.153. The molecule has 0 rings (SSSR count). The quantitative estimate of drug-likeness (QED) is 0.498. The zero-order valence-corrected chi connectivity index (χ0v) is 7.55. The highest BCUT2D eigenvalue weighted by atomic mass is 35.5. The van der Waals surface area contributed by atoms with E-state index in [1.165, 1.54) is 13.8 Å². The largest absolute Gasteiger partial charge is 0.460 e. The minimum atomic E-state index is -0.476. The van der Waals surface area contributed by atoms with E-state index in [-0.39, 0.29) is 11.6 Å². The van der Waals surface area contributed by atoms with Gasteiger partial charge in [0.15, 0.2) is 0 Å². The monoisotopic (exact) mass is 192 g/mol. The molecule has 0 aliphatic rings. The summed E-state index contributed by atoms with van der Waals surface area (Å²) in [6.07, 6.45) is 1.03. The first-order valence-electron chi connectivity index (χ1n) is 3.17. The van der Waals surface area contributed by atoms with Gasteiger partial charge in [-0.2, -0.15) is 0 Å². The van der Waals surface area contributed by atoms with E-state index in [0.717, 1.165) is 6.26 Å². The van der Waals surface area contributed by atoms with Crippen LogP contribution in [-0.4, -0.2) is 18.5 Å². The van der Waals surface area contributed by atoms with Gasteiger partial charge in [-0.1, -0.05) is 11.6 Å². The van der Waals surface area contributed by atoms with Gasteiger partial charge in [0, 0.05) is 13.8 Å². The van der Waals surface area contributed by atoms with Gasteiger partial charge in [0.05, 0.1) is 5.03 Å². The lowest BCUT2D eigenvalue weighted by molar-refractivity contribution is -0.139. The Morgan fingerprint density at radius 2 is 1.92 bits per heavy atom. The molecule has 0 saturated heterocycles. The summed E-state index contributed by atoms with van der Waals surface area (Å²) < 4.78 is 8.92. The molecular weight excluding hydrogens is 184 g/mol. The van der Waals surface area contributed by atoms with Gasteiger partial charge in [-0.15, -0.1) is 0 Å². The molecule has 0 aromatic rings. The van der Waals surface area contributed by atoms with Crippen molar-refractivity contribution >= 4 is 23.5 Å². The lowest BCUT2D eigenvalue weighted by atomic mass is 10.6. The van der Waals surface area contributed by atoms with Crippen molar-refractivity contribution in [3.63, 3.8) is 0 Å². The molecule has 0 spiro atoms. The Kier molecular flexibility index (Phi) is 5.12. The van der Waals surface area contributed by atoms with Gasteiger partial charge in [-0.05, 0) is 0 Å². The number of carbonyl (C=O) groups excluding carboxylic acids is 2. The highest BCUT2D eigenvalue weighted by molar-refractivity contribution is 6.29. The van der Waals surface area contributed by atoms with E-state index in [1.807, 2.05) is 0 Å². The predicted molar refractivity (Wildman–Crippen MR) is 42.3 cm³/mol. The van der Waals surface area contributed by atoms with Crippen LogP contribution >= 0.6 is 11.6 Å². The predicted octanol–water partition coefficient (Wildman–Crippen LogP) is 1.19. The van der Waals surface area contributed by atoms with Gasteiger partial charge in [-0.3, -0.25) is 9.59 Å². The Labute approximate surface area is 75.1 Å². The number of esters is 2. The van der Waals surface area contributed by atoms with Crippen LogP contribution in [0.1, 0.15) is 13.8 Å². The molecule has 12 heavy (non-hydrogen) atoms. The van der Waals surface area contributed by atoms with Crippen molar-refractivity contribution < 1.29 is 19.1 Å². The third kappa shape index (κ3) is 7.08. The molecule has 0 heterocycles. The smallest absolute Gasteiger partial charge is 0.307 e. The Bertz CT molecular complexity index is 209. The zero-order chi connectivity index (χ0) is 9.56. The number of rotatable bonds is 3. The topological polar surface area (TPSA) is 52.6 Å². The maximum Gasteiger partial charge on any atom is 0.307 e. The summed E-state index contributed by atoms with van der Waals surface area (Å²) in [7, 11) is 0. The van der Waals surface area contributed by atoms with Crippen molar-refractivity contribution in [3.8, 4) is 0 Å². The van der Waals surface area contributed by atoms with Gasteiger partial charge in [0.2, 0.25) is 0 Å². The highest BCUT2D eigenvalue weighted by Crippen LogP contribution is 2.02. The molecule has 0 amide bonds. The van der Waals surface area contributed by atoms with Crippen LogP contribution in [0.2, 0.25) is 0 Å². The SMILES string of the molecule is CC(=O)O/C=C(\Cl)COC(C)=O. The van der Waals surface area contributed by atoms with Gasteiger partial charge in [0.1, 0.15) is 12.9 Å². The third-order valence-electron chi connectivity index (χ3n) is 0.766. The van der Waals surface area contributed by atoms with Crippen LogP contribution in [0.5, 0.6) is 0 Å². The third-order valence-corrected chi connectivity index (χ3v) is 0.964. The Morgan fingerprint density at radius 1 is 1.33 bits per heavy atom. The normalized spacial score (nSPS) is 10.8. The Hall–Kier alpha value is -1.03. The van der Waals surface area contributed by atoms with E-state index >= 15 is 0 Å². The van der Waals surface area contributed by atoms with E-state index in [1.54, 1.807) is 0 Å². The fourth-order valence-corrected chi connectivity index (χ4v) is 0.451. The van der Waals surface area contributed by atoms with Crippen LogP contribution < -0.4 is 0 Å². The molecule has 5 heteroatoms. The first-order valence-corrected chi connectivity index (χ1v) is 3.55. The van der Waals surface area contributed by atoms with Crippen molar-refractivity contribution in [2.24, 2.45) is 0 Å². The molecule has 0 unspecified atom stereocenters. The average Bonchev–Trinajstić information content (AvgIpc) is 1.96. The molecule has 0 saturated carbocycles. The standard InChI is InChI=1S/C7H9ClO4/c1-5(9)11-3-7(8)4-12-6(2)10/h3H,4H2,1-2H3/b7-3-. The molecule has 0 aliphatic heterocycles. The van der Waals surface area contributed by atoms with Crippen LogP contribution in [0.15, 0.2) is 11.3 Å². The van der Waals surface area contributed by atoms with E-state index in [9.17, 15) is 9.59 Å². The molecule has 4 nitrogen and oxygen atoms in total. The fraction of sp³-hybridized carbons (Fsp3) is 0.429. The minimum Gasteiger partial charge on any atom is -0.460 e. The lowest BCUT2D eigenvalue weighted by Crippen LogP contribution is -2.01. The Balaban J connectivity index is 3.70. The van der Waals surface area contributed by atoms with E-state index in [2.05, 4.69) is 9.47 Å². The van der Waals surface area contributed by atoms with Crippen LogP contribution in [0.4, 0.5) is 0 Å².